The van der Waals surface area contributed by atoms with Crippen molar-refractivity contribution in [2.75, 3.05) is 0 Å². The van der Waals surface area contributed by atoms with E-state index in [0.717, 1.165) is 12.8 Å². The third-order valence-electron chi connectivity index (χ3n) is 3.18. The van der Waals surface area contributed by atoms with E-state index in [4.69, 9.17) is 9.47 Å². The van der Waals surface area contributed by atoms with Gasteiger partial charge in [0.1, 0.15) is 6.10 Å². The van der Waals surface area contributed by atoms with Crippen LogP contribution in [0.2, 0.25) is 0 Å². The Labute approximate surface area is 97.8 Å². The minimum atomic E-state index is -0.198. The number of hydrogen-bond donors (Lipinski definition) is 0. The van der Waals surface area contributed by atoms with Gasteiger partial charge >= 0.3 is 5.97 Å². The summed E-state index contributed by atoms with van der Waals surface area (Å²) >= 11 is 0. The van der Waals surface area contributed by atoms with Crippen LogP contribution in [0.4, 0.5) is 0 Å². The van der Waals surface area contributed by atoms with E-state index in [9.17, 15) is 4.79 Å². The maximum Gasteiger partial charge on any atom is 0.302 e. The van der Waals surface area contributed by atoms with Crippen LogP contribution in [0, 0.1) is 5.92 Å². The molecule has 3 nitrogen and oxygen atoms in total. The lowest BCUT2D eigenvalue weighted by atomic mass is 9.90. The highest BCUT2D eigenvalue weighted by Gasteiger charge is 2.34. The Balaban J connectivity index is 2.57. The fourth-order valence-corrected chi connectivity index (χ4v) is 2.07. The normalized spacial score (nSPS) is 35.2. The fraction of sp³-hybridized carbons (Fsp3) is 0.769. The number of carbonyl (C=O) groups excluding carboxylic acids is 1. The van der Waals surface area contributed by atoms with E-state index in [1.54, 1.807) is 0 Å². The topological polar surface area (TPSA) is 35.5 Å². The van der Waals surface area contributed by atoms with Crippen LogP contribution in [-0.4, -0.2) is 24.3 Å². The fourth-order valence-electron chi connectivity index (χ4n) is 2.07. The summed E-state index contributed by atoms with van der Waals surface area (Å²) in [6, 6.07) is 0. The van der Waals surface area contributed by atoms with Crippen molar-refractivity contribution in [3.63, 3.8) is 0 Å². The first-order valence-corrected chi connectivity index (χ1v) is 5.98. The summed E-state index contributed by atoms with van der Waals surface area (Å²) in [7, 11) is 0. The molecular weight excluding hydrogens is 204 g/mol. The minimum Gasteiger partial charge on any atom is -0.462 e. The monoisotopic (exact) mass is 226 g/mol. The smallest absolute Gasteiger partial charge is 0.302 e. The first-order valence-electron chi connectivity index (χ1n) is 5.98. The molecule has 0 bridgehead atoms. The summed E-state index contributed by atoms with van der Waals surface area (Å²) in [4.78, 5) is 11.0. The lowest BCUT2D eigenvalue weighted by Gasteiger charge is -2.38. The van der Waals surface area contributed by atoms with Crippen LogP contribution in [0.25, 0.3) is 0 Å². The van der Waals surface area contributed by atoms with Crippen molar-refractivity contribution in [2.24, 2.45) is 5.92 Å². The van der Waals surface area contributed by atoms with Crippen molar-refractivity contribution < 1.29 is 14.3 Å². The molecule has 0 amide bonds. The molecule has 0 spiro atoms. The summed E-state index contributed by atoms with van der Waals surface area (Å²) in [5, 5.41) is 0. The molecule has 1 aliphatic rings. The summed E-state index contributed by atoms with van der Waals surface area (Å²) in [5.41, 5.74) is 0. The summed E-state index contributed by atoms with van der Waals surface area (Å²) in [5.74, 6) is 0.0708. The average Bonchev–Trinajstić information content (AvgIpc) is 2.21. The molecule has 0 aromatic heterocycles. The third-order valence-corrected chi connectivity index (χ3v) is 3.18. The van der Waals surface area contributed by atoms with Gasteiger partial charge in [-0.1, -0.05) is 19.1 Å². The lowest BCUT2D eigenvalue weighted by molar-refractivity contribution is -0.168. The molecule has 1 saturated heterocycles. The lowest BCUT2D eigenvalue weighted by Crippen LogP contribution is -2.43. The first kappa shape index (κ1) is 13.2. The van der Waals surface area contributed by atoms with Gasteiger partial charge in [0.25, 0.3) is 0 Å². The third kappa shape index (κ3) is 3.63. The van der Waals surface area contributed by atoms with Gasteiger partial charge in [0.15, 0.2) is 0 Å². The quantitative estimate of drug-likeness (QED) is 0.548. The molecule has 0 aliphatic carbocycles. The van der Waals surface area contributed by atoms with Gasteiger partial charge < -0.3 is 9.47 Å². The van der Waals surface area contributed by atoms with Gasteiger partial charge in [0, 0.05) is 19.3 Å². The summed E-state index contributed by atoms with van der Waals surface area (Å²) in [6.07, 6.45) is 6.13. The zero-order valence-corrected chi connectivity index (χ0v) is 10.6. The highest BCUT2D eigenvalue weighted by atomic mass is 16.6. The van der Waals surface area contributed by atoms with Crippen LogP contribution in [0.5, 0.6) is 0 Å². The molecule has 16 heavy (non-hydrogen) atoms. The second-order valence-electron chi connectivity index (χ2n) is 4.51. The summed E-state index contributed by atoms with van der Waals surface area (Å²) < 4.78 is 11.2. The van der Waals surface area contributed by atoms with E-state index in [0.29, 0.717) is 0 Å². The molecule has 0 radical (unpaired) electrons. The highest BCUT2D eigenvalue weighted by molar-refractivity contribution is 5.66. The van der Waals surface area contributed by atoms with Gasteiger partial charge in [0.05, 0.1) is 12.2 Å². The Bertz CT molecular complexity index is 260. The van der Waals surface area contributed by atoms with Crippen LogP contribution in [-0.2, 0) is 14.3 Å². The van der Waals surface area contributed by atoms with Crippen LogP contribution >= 0.6 is 0 Å². The van der Waals surface area contributed by atoms with Gasteiger partial charge in [0.2, 0.25) is 0 Å². The number of rotatable bonds is 3. The van der Waals surface area contributed by atoms with Crippen LogP contribution in [0.15, 0.2) is 12.2 Å². The van der Waals surface area contributed by atoms with Crippen LogP contribution in [0.1, 0.15) is 40.5 Å². The molecule has 1 heterocycles. The van der Waals surface area contributed by atoms with Crippen molar-refractivity contribution in [2.45, 2.75) is 58.8 Å². The minimum absolute atomic E-state index is 0.00324. The number of carbonyl (C=O) groups is 1. The molecule has 0 aromatic rings. The molecule has 0 saturated carbocycles. The second-order valence-corrected chi connectivity index (χ2v) is 4.51. The number of ether oxygens (including phenoxy) is 2. The Morgan fingerprint density at radius 3 is 2.75 bits per heavy atom. The van der Waals surface area contributed by atoms with E-state index in [1.165, 1.54) is 6.92 Å². The van der Waals surface area contributed by atoms with Crippen LogP contribution in [0.3, 0.4) is 0 Å². The van der Waals surface area contributed by atoms with Crippen molar-refractivity contribution in [1.29, 1.82) is 0 Å². The largest absolute Gasteiger partial charge is 0.462 e. The van der Waals surface area contributed by atoms with Gasteiger partial charge in [-0.25, -0.2) is 0 Å². The molecule has 0 N–H and O–H groups in total. The molecule has 3 heteroatoms. The Hall–Kier alpha value is -0.830. The molecule has 1 fully saturated rings. The van der Waals surface area contributed by atoms with Crippen molar-refractivity contribution in [3.8, 4) is 0 Å². The number of hydrogen-bond acceptors (Lipinski definition) is 3. The molecular formula is C13H22O3. The van der Waals surface area contributed by atoms with Crippen molar-refractivity contribution in [3.05, 3.63) is 12.2 Å². The summed E-state index contributed by atoms with van der Waals surface area (Å²) in [6.45, 7) is 7.58. The first-order chi connectivity index (χ1) is 7.54. The van der Waals surface area contributed by atoms with Crippen molar-refractivity contribution >= 4 is 5.97 Å². The molecule has 1 aliphatic heterocycles. The molecule has 4 atom stereocenters. The van der Waals surface area contributed by atoms with E-state index < -0.39 is 0 Å². The van der Waals surface area contributed by atoms with Crippen molar-refractivity contribution in [1.82, 2.24) is 0 Å². The van der Waals surface area contributed by atoms with Gasteiger partial charge in [-0.15, -0.1) is 0 Å². The Kier molecular flexibility index (Phi) is 5.00. The average molecular weight is 226 g/mol. The van der Waals surface area contributed by atoms with E-state index in [2.05, 4.69) is 13.0 Å². The predicted molar refractivity (Wildman–Crippen MR) is 63.1 cm³/mol. The van der Waals surface area contributed by atoms with Gasteiger partial charge in [-0.2, -0.15) is 0 Å². The Morgan fingerprint density at radius 1 is 1.50 bits per heavy atom. The highest BCUT2D eigenvalue weighted by Crippen LogP contribution is 2.29. The standard InChI is InChI=1S/C13H22O3/c1-5-6-7-12-8-13(16-11(4)14)9(2)10(3)15-12/h5-6,9-10,12-13H,7-8H2,1-4H3/b6-5-/t9-,10-,12+,13-/m0/s1. The van der Waals surface area contributed by atoms with E-state index >= 15 is 0 Å². The van der Waals surface area contributed by atoms with E-state index in [-0.39, 0.29) is 30.2 Å². The van der Waals surface area contributed by atoms with Crippen LogP contribution < -0.4 is 0 Å². The van der Waals surface area contributed by atoms with E-state index in [1.807, 2.05) is 19.9 Å². The molecule has 0 unspecified atom stereocenters. The predicted octanol–water partition coefficient (Wildman–Crippen LogP) is 2.70. The number of allylic oxidation sites excluding steroid dienone is 1. The number of esters is 1. The SMILES string of the molecule is C/C=C\C[C@@H]1C[C@H](OC(C)=O)[C@@H](C)[C@H](C)O1. The maximum absolute atomic E-state index is 11.0. The molecule has 1 rings (SSSR count). The molecule has 92 valence electrons. The van der Waals surface area contributed by atoms with Gasteiger partial charge in [-0.3, -0.25) is 4.79 Å². The Morgan fingerprint density at radius 2 is 2.19 bits per heavy atom. The zero-order chi connectivity index (χ0) is 12.1. The maximum atomic E-state index is 11.0. The molecule has 0 aromatic carbocycles. The van der Waals surface area contributed by atoms with Gasteiger partial charge in [-0.05, 0) is 20.3 Å². The second kappa shape index (κ2) is 6.04. The zero-order valence-electron chi connectivity index (χ0n) is 10.6.